The van der Waals surface area contributed by atoms with Crippen LogP contribution < -0.4 is 0 Å². The van der Waals surface area contributed by atoms with Crippen LogP contribution in [0.1, 0.15) is 51.4 Å². The van der Waals surface area contributed by atoms with Crippen LogP contribution >= 0.6 is 0 Å². The summed E-state index contributed by atoms with van der Waals surface area (Å²) in [5, 5.41) is 8.60. The molecule has 0 saturated heterocycles. The smallest absolute Gasteiger partial charge is 0.0431 e. The molecular formula is C13H22O. The SMILES string of the molecule is OCCCCCCCCC1=CC=CC1. The second kappa shape index (κ2) is 7.81. The number of unbranched alkanes of at least 4 members (excludes halogenated alkanes) is 5. The summed E-state index contributed by atoms with van der Waals surface area (Å²) in [4.78, 5) is 0. The van der Waals surface area contributed by atoms with Gasteiger partial charge in [-0.05, 0) is 25.7 Å². The van der Waals surface area contributed by atoms with Crippen LogP contribution in [-0.4, -0.2) is 11.7 Å². The molecule has 0 unspecified atom stereocenters. The van der Waals surface area contributed by atoms with Crippen molar-refractivity contribution in [2.45, 2.75) is 51.4 Å². The summed E-state index contributed by atoms with van der Waals surface area (Å²) < 4.78 is 0. The first-order valence-electron chi connectivity index (χ1n) is 5.89. The Morgan fingerprint density at radius 3 is 2.36 bits per heavy atom. The van der Waals surface area contributed by atoms with Crippen molar-refractivity contribution < 1.29 is 5.11 Å². The number of allylic oxidation sites excluding steroid dienone is 4. The van der Waals surface area contributed by atoms with Crippen molar-refractivity contribution in [1.82, 2.24) is 0 Å². The molecule has 1 heteroatoms. The topological polar surface area (TPSA) is 20.2 Å². The van der Waals surface area contributed by atoms with E-state index < -0.39 is 0 Å². The summed E-state index contributed by atoms with van der Waals surface area (Å²) in [5.74, 6) is 0. The fourth-order valence-electron chi connectivity index (χ4n) is 1.85. The molecule has 0 aliphatic heterocycles. The lowest BCUT2D eigenvalue weighted by Crippen LogP contribution is -1.85. The summed E-state index contributed by atoms with van der Waals surface area (Å²) in [6, 6.07) is 0. The number of aliphatic hydroxyl groups is 1. The Morgan fingerprint density at radius 2 is 1.71 bits per heavy atom. The van der Waals surface area contributed by atoms with Gasteiger partial charge in [0, 0.05) is 6.61 Å². The Balaban J connectivity index is 1.80. The van der Waals surface area contributed by atoms with E-state index in [0.717, 1.165) is 6.42 Å². The molecule has 0 aromatic heterocycles. The Bertz CT molecular complexity index is 191. The van der Waals surface area contributed by atoms with E-state index in [9.17, 15) is 0 Å². The van der Waals surface area contributed by atoms with Crippen molar-refractivity contribution in [3.63, 3.8) is 0 Å². The average molecular weight is 194 g/mol. The molecule has 0 aromatic rings. The summed E-state index contributed by atoms with van der Waals surface area (Å²) >= 11 is 0. The van der Waals surface area contributed by atoms with Crippen molar-refractivity contribution in [2.75, 3.05) is 6.61 Å². The quantitative estimate of drug-likeness (QED) is 0.585. The van der Waals surface area contributed by atoms with Gasteiger partial charge in [0.1, 0.15) is 0 Å². The highest BCUT2D eigenvalue weighted by Crippen LogP contribution is 2.18. The first-order chi connectivity index (χ1) is 6.93. The van der Waals surface area contributed by atoms with E-state index in [-0.39, 0.29) is 0 Å². The van der Waals surface area contributed by atoms with Crippen molar-refractivity contribution in [3.05, 3.63) is 23.8 Å². The van der Waals surface area contributed by atoms with E-state index in [1.165, 1.54) is 44.9 Å². The van der Waals surface area contributed by atoms with Crippen molar-refractivity contribution in [1.29, 1.82) is 0 Å². The van der Waals surface area contributed by atoms with Gasteiger partial charge in [0.2, 0.25) is 0 Å². The van der Waals surface area contributed by atoms with Crippen LogP contribution in [0.3, 0.4) is 0 Å². The minimum atomic E-state index is 0.360. The Kier molecular flexibility index (Phi) is 6.42. The zero-order chi connectivity index (χ0) is 10.1. The number of hydrogen-bond donors (Lipinski definition) is 1. The summed E-state index contributed by atoms with van der Waals surface area (Å²) in [6.07, 6.45) is 16.6. The largest absolute Gasteiger partial charge is 0.396 e. The molecule has 0 radical (unpaired) electrons. The van der Waals surface area contributed by atoms with Gasteiger partial charge in [-0.25, -0.2) is 0 Å². The van der Waals surface area contributed by atoms with Gasteiger partial charge in [-0.1, -0.05) is 49.5 Å². The van der Waals surface area contributed by atoms with E-state index in [1.807, 2.05) is 0 Å². The minimum Gasteiger partial charge on any atom is -0.396 e. The molecule has 0 aromatic carbocycles. The molecule has 0 spiro atoms. The highest BCUT2D eigenvalue weighted by Gasteiger charge is 1.98. The van der Waals surface area contributed by atoms with Crippen molar-refractivity contribution >= 4 is 0 Å². The molecular weight excluding hydrogens is 172 g/mol. The number of aliphatic hydroxyl groups excluding tert-OH is 1. The fraction of sp³-hybridized carbons (Fsp3) is 0.692. The maximum atomic E-state index is 8.60. The van der Waals surface area contributed by atoms with Gasteiger partial charge in [-0.15, -0.1) is 0 Å². The third kappa shape index (κ3) is 5.23. The lowest BCUT2D eigenvalue weighted by Gasteiger charge is -2.02. The van der Waals surface area contributed by atoms with Gasteiger partial charge in [0.05, 0.1) is 0 Å². The number of hydrogen-bond acceptors (Lipinski definition) is 1. The van der Waals surface area contributed by atoms with Gasteiger partial charge < -0.3 is 5.11 Å². The molecule has 1 aliphatic rings. The highest BCUT2D eigenvalue weighted by atomic mass is 16.2. The first kappa shape index (κ1) is 11.5. The van der Waals surface area contributed by atoms with Gasteiger partial charge in [-0.3, -0.25) is 0 Å². The molecule has 0 fully saturated rings. The lowest BCUT2D eigenvalue weighted by molar-refractivity contribution is 0.282. The molecule has 1 nitrogen and oxygen atoms in total. The van der Waals surface area contributed by atoms with E-state index >= 15 is 0 Å². The van der Waals surface area contributed by atoms with Gasteiger partial charge >= 0.3 is 0 Å². The molecule has 1 aliphatic carbocycles. The minimum absolute atomic E-state index is 0.360. The zero-order valence-electron chi connectivity index (χ0n) is 9.04. The van der Waals surface area contributed by atoms with Crippen LogP contribution in [0.4, 0.5) is 0 Å². The van der Waals surface area contributed by atoms with Gasteiger partial charge in [-0.2, -0.15) is 0 Å². The Hall–Kier alpha value is -0.560. The molecule has 0 saturated carbocycles. The van der Waals surface area contributed by atoms with Crippen molar-refractivity contribution in [3.8, 4) is 0 Å². The van der Waals surface area contributed by atoms with Crippen LogP contribution in [0.5, 0.6) is 0 Å². The maximum Gasteiger partial charge on any atom is 0.0431 e. The molecule has 14 heavy (non-hydrogen) atoms. The molecule has 0 heterocycles. The second-order valence-corrected chi connectivity index (χ2v) is 4.05. The highest BCUT2D eigenvalue weighted by molar-refractivity contribution is 5.22. The first-order valence-corrected chi connectivity index (χ1v) is 5.89. The molecule has 0 bridgehead atoms. The van der Waals surface area contributed by atoms with Gasteiger partial charge in [0.15, 0.2) is 0 Å². The van der Waals surface area contributed by atoms with E-state index in [0.29, 0.717) is 6.61 Å². The average Bonchev–Trinajstić information content (AvgIpc) is 2.69. The standard InChI is InChI=1S/C13H22O/c14-12-8-4-2-1-3-5-9-13-10-6-7-11-13/h6-7,10,14H,1-5,8-9,11-12H2. The fourth-order valence-corrected chi connectivity index (χ4v) is 1.85. The third-order valence-corrected chi connectivity index (χ3v) is 2.75. The van der Waals surface area contributed by atoms with Gasteiger partial charge in [0.25, 0.3) is 0 Å². The van der Waals surface area contributed by atoms with Crippen LogP contribution in [0.2, 0.25) is 0 Å². The molecule has 1 rings (SSSR count). The van der Waals surface area contributed by atoms with Crippen molar-refractivity contribution in [2.24, 2.45) is 0 Å². The normalized spacial score (nSPS) is 14.8. The molecule has 1 N–H and O–H groups in total. The van der Waals surface area contributed by atoms with Crippen LogP contribution in [-0.2, 0) is 0 Å². The second-order valence-electron chi connectivity index (χ2n) is 4.05. The third-order valence-electron chi connectivity index (χ3n) is 2.75. The number of rotatable bonds is 8. The van der Waals surface area contributed by atoms with E-state index in [1.54, 1.807) is 5.57 Å². The van der Waals surface area contributed by atoms with E-state index in [2.05, 4.69) is 18.2 Å². The maximum absolute atomic E-state index is 8.60. The Morgan fingerprint density at radius 1 is 1.00 bits per heavy atom. The van der Waals surface area contributed by atoms with Crippen LogP contribution in [0.25, 0.3) is 0 Å². The molecule has 0 amide bonds. The monoisotopic (exact) mass is 194 g/mol. The molecule has 0 atom stereocenters. The van der Waals surface area contributed by atoms with Crippen LogP contribution in [0.15, 0.2) is 23.8 Å². The lowest BCUT2D eigenvalue weighted by atomic mass is 10.0. The van der Waals surface area contributed by atoms with E-state index in [4.69, 9.17) is 5.11 Å². The summed E-state index contributed by atoms with van der Waals surface area (Å²) in [7, 11) is 0. The predicted octanol–water partition coefficient (Wildman–Crippen LogP) is 3.60. The Labute approximate surface area is 87.5 Å². The molecule has 80 valence electrons. The van der Waals surface area contributed by atoms with Crippen LogP contribution in [0, 0.1) is 0 Å². The summed E-state index contributed by atoms with van der Waals surface area (Å²) in [5.41, 5.74) is 1.60. The zero-order valence-corrected chi connectivity index (χ0v) is 9.04. The summed E-state index contributed by atoms with van der Waals surface area (Å²) in [6.45, 7) is 0.360. The predicted molar refractivity (Wildman–Crippen MR) is 61.2 cm³/mol.